The maximum Gasteiger partial charge on any atom is 0.148 e. The molecule has 6 nitrogen and oxygen atoms in total. The Kier molecular flexibility index (Phi) is 3.54. The minimum absolute atomic E-state index is 0.305. The largest absolute Gasteiger partial charge is 0.394 e. The van der Waals surface area contributed by atoms with E-state index < -0.39 is 0 Å². The van der Waals surface area contributed by atoms with Gasteiger partial charge in [-0.1, -0.05) is 0 Å². The van der Waals surface area contributed by atoms with Crippen LogP contribution in [0.3, 0.4) is 0 Å². The van der Waals surface area contributed by atoms with Crippen molar-refractivity contribution >= 4 is 11.5 Å². The summed E-state index contributed by atoms with van der Waals surface area (Å²) in [4.78, 5) is 0. The van der Waals surface area contributed by atoms with E-state index in [1.54, 1.807) is 4.68 Å². The lowest BCUT2D eigenvalue weighted by Crippen LogP contribution is -2.55. The Labute approximate surface area is 102 Å². The number of nitrogens with one attached hydrogen (secondary N) is 3. The van der Waals surface area contributed by atoms with Gasteiger partial charge < -0.3 is 21.7 Å². The highest BCUT2D eigenvalue weighted by Crippen LogP contribution is 2.22. The molecule has 1 aliphatic heterocycles. The second kappa shape index (κ2) is 4.93. The third kappa shape index (κ3) is 2.53. The number of nitrogen functional groups attached to an aromatic ring is 1. The highest BCUT2D eigenvalue weighted by atomic mass is 15.3. The van der Waals surface area contributed by atoms with E-state index in [9.17, 15) is 0 Å². The summed E-state index contributed by atoms with van der Waals surface area (Å²) < 4.78 is 1.80. The summed E-state index contributed by atoms with van der Waals surface area (Å²) in [5.41, 5.74) is 7.61. The number of rotatable bonds is 3. The van der Waals surface area contributed by atoms with Crippen molar-refractivity contribution in [3.8, 4) is 0 Å². The van der Waals surface area contributed by atoms with E-state index in [0.29, 0.717) is 12.1 Å². The van der Waals surface area contributed by atoms with Gasteiger partial charge in [0.15, 0.2) is 0 Å². The van der Waals surface area contributed by atoms with Crippen LogP contribution in [0.4, 0.5) is 11.5 Å². The summed E-state index contributed by atoms with van der Waals surface area (Å²) in [6, 6.07) is 0.721. The van der Waals surface area contributed by atoms with E-state index in [1.807, 2.05) is 14.0 Å². The molecule has 6 heteroatoms. The van der Waals surface area contributed by atoms with Gasteiger partial charge in [-0.05, 0) is 13.8 Å². The molecule has 2 unspecified atom stereocenters. The Morgan fingerprint density at radius 3 is 2.82 bits per heavy atom. The number of nitrogens with two attached hydrogens (primary N) is 1. The molecule has 1 fully saturated rings. The number of hydrogen-bond acceptors (Lipinski definition) is 5. The van der Waals surface area contributed by atoms with Crippen molar-refractivity contribution in [3.05, 3.63) is 5.69 Å². The predicted octanol–water partition coefficient (Wildman–Crippen LogP) is -0.327. The molecular weight excluding hydrogens is 216 g/mol. The van der Waals surface area contributed by atoms with Crippen LogP contribution in [0.1, 0.15) is 12.6 Å². The molecule has 1 aliphatic rings. The zero-order chi connectivity index (χ0) is 12.4. The van der Waals surface area contributed by atoms with Gasteiger partial charge in [-0.2, -0.15) is 5.10 Å². The summed E-state index contributed by atoms with van der Waals surface area (Å²) in [5, 5.41) is 14.6. The third-order valence-electron chi connectivity index (χ3n) is 3.31. The molecule has 17 heavy (non-hydrogen) atoms. The quantitative estimate of drug-likeness (QED) is 0.580. The summed E-state index contributed by atoms with van der Waals surface area (Å²) in [7, 11) is 1.91. The third-order valence-corrected chi connectivity index (χ3v) is 3.31. The molecule has 96 valence electrons. The Hall–Kier alpha value is -1.27. The molecular formula is C11H22N6. The van der Waals surface area contributed by atoms with Gasteiger partial charge in [-0.15, -0.1) is 0 Å². The minimum Gasteiger partial charge on any atom is -0.394 e. The van der Waals surface area contributed by atoms with E-state index in [2.05, 4.69) is 28.0 Å². The van der Waals surface area contributed by atoms with Gasteiger partial charge in [0.1, 0.15) is 5.82 Å². The van der Waals surface area contributed by atoms with Crippen LogP contribution in [0.2, 0.25) is 0 Å². The maximum atomic E-state index is 6.00. The van der Waals surface area contributed by atoms with Gasteiger partial charge in [0.25, 0.3) is 0 Å². The van der Waals surface area contributed by atoms with Gasteiger partial charge in [0, 0.05) is 38.8 Å². The maximum absolute atomic E-state index is 6.00. The fourth-order valence-corrected chi connectivity index (χ4v) is 2.19. The summed E-state index contributed by atoms with van der Waals surface area (Å²) in [6.07, 6.45) is 0. The number of piperazine rings is 1. The molecule has 2 heterocycles. The van der Waals surface area contributed by atoms with Gasteiger partial charge in [0.05, 0.1) is 11.4 Å². The minimum atomic E-state index is 0.305. The molecule has 0 bridgehead atoms. The fourth-order valence-electron chi connectivity index (χ4n) is 2.19. The van der Waals surface area contributed by atoms with E-state index in [0.717, 1.165) is 36.8 Å². The van der Waals surface area contributed by atoms with E-state index in [1.165, 1.54) is 0 Å². The van der Waals surface area contributed by atoms with Crippen molar-refractivity contribution < 1.29 is 0 Å². The first-order valence-electron chi connectivity index (χ1n) is 6.09. The van der Waals surface area contributed by atoms with E-state index in [4.69, 9.17) is 5.73 Å². The molecule has 1 aromatic heterocycles. The summed E-state index contributed by atoms with van der Waals surface area (Å²) in [6.45, 7) is 7.11. The van der Waals surface area contributed by atoms with Crippen LogP contribution >= 0.6 is 0 Å². The Balaban J connectivity index is 2.04. The van der Waals surface area contributed by atoms with Gasteiger partial charge in [-0.25, -0.2) is 0 Å². The average Bonchev–Trinajstić information content (AvgIpc) is 2.57. The van der Waals surface area contributed by atoms with Crippen molar-refractivity contribution in [3.63, 3.8) is 0 Å². The number of aromatic nitrogens is 2. The van der Waals surface area contributed by atoms with Crippen LogP contribution in [-0.4, -0.2) is 41.5 Å². The molecule has 5 N–H and O–H groups in total. The first kappa shape index (κ1) is 12.2. The Morgan fingerprint density at radius 2 is 2.29 bits per heavy atom. The lowest BCUT2D eigenvalue weighted by Gasteiger charge is -2.30. The highest BCUT2D eigenvalue weighted by molar-refractivity contribution is 5.65. The lowest BCUT2D eigenvalue weighted by molar-refractivity contribution is 0.388. The van der Waals surface area contributed by atoms with Gasteiger partial charge in [0.2, 0.25) is 0 Å². The zero-order valence-electron chi connectivity index (χ0n) is 10.7. The average molecular weight is 238 g/mol. The summed E-state index contributed by atoms with van der Waals surface area (Å²) >= 11 is 0. The van der Waals surface area contributed by atoms with Crippen LogP contribution in [0.15, 0.2) is 0 Å². The molecule has 0 saturated carbocycles. The molecule has 2 atom stereocenters. The molecule has 0 amide bonds. The SMILES string of the molecule is Cc1nn(C)c(NC(C)C2CNCCN2)c1N. The Bertz CT molecular complexity index is 380. The molecule has 2 rings (SSSR count). The smallest absolute Gasteiger partial charge is 0.148 e. The molecule has 0 aromatic carbocycles. The second-order valence-corrected chi connectivity index (χ2v) is 4.67. The standard InChI is InChI=1S/C11H22N6/c1-7(9-6-13-4-5-14-9)15-11-10(12)8(2)16-17(11)3/h7,9,13-15H,4-6,12H2,1-3H3. The second-order valence-electron chi connectivity index (χ2n) is 4.67. The topological polar surface area (TPSA) is 79.9 Å². The first-order chi connectivity index (χ1) is 8.09. The molecule has 1 saturated heterocycles. The zero-order valence-corrected chi connectivity index (χ0v) is 10.7. The van der Waals surface area contributed by atoms with Crippen molar-refractivity contribution in [1.82, 2.24) is 20.4 Å². The molecule has 1 aromatic rings. The van der Waals surface area contributed by atoms with Crippen molar-refractivity contribution in [2.45, 2.75) is 25.9 Å². The Morgan fingerprint density at radius 1 is 1.53 bits per heavy atom. The van der Waals surface area contributed by atoms with Crippen LogP contribution in [0.25, 0.3) is 0 Å². The summed E-state index contributed by atoms with van der Waals surface area (Å²) in [5.74, 6) is 0.905. The number of aryl methyl sites for hydroxylation is 2. The lowest BCUT2D eigenvalue weighted by atomic mass is 10.1. The van der Waals surface area contributed by atoms with Crippen molar-refractivity contribution in [2.75, 3.05) is 30.7 Å². The number of anilines is 2. The highest BCUT2D eigenvalue weighted by Gasteiger charge is 2.21. The molecule has 0 radical (unpaired) electrons. The van der Waals surface area contributed by atoms with Gasteiger partial charge in [-0.3, -0.25) is 4.68 Å². The number of nitrogens with zero attached hydrogens (tertiary/aromatic N) is 2. The van der Waals surface area contributed by atoms with Crippen LogP contribution in [0.5, 0.6) is 0 Å². The van der Waals surface area contributed by atoms with Crippen molar-refractivity contribution in [1.29, 1.82) is 0 Å². The van der Waals surface area contributed by atoms with Crippen molar-refractivity contribution in [2.24, 2.45) is 7.05 Å². The van der Waals surface area contributed by atoms with Crippen LogP contribution in [0, 0.1) is 6.92 Å². The number of hydrogen-bond donors (Lipinski definition) is 4. The van der Waals surface area contributed by atoms with E-state index >= 15 is 0 Å². The molecule has 0 spiro atoms. The normalized spacial score (nSPS) is 22.4. The van der Waals surface area contributed by atoms with Crippen LogP contribution < -0.4 is 21.7 Å². The fraction of sp³-hybridized carbons (Fsp3) is 0.727. The first-order valence-corrected chi connectivity index (χ1v) is 6.09. The monoisotopic (exact) mass is 238 g/mol. The van der Waals surface area contributed by atoms with Crippen LogP contribution in [-0.2, 0) is 7.05 Å². The van der Waals surface area contributed by atoms with E-state index in [-0.39, 0.29) is 0 Å². The molecule has 0 aliphatic carbocycles. The predicted molar refractivity (Wildman–Crippen MR) is 70.1 cm³/mol. The van der Waals surface area contributed by atoms with Gasteiger partial charge >= 0.3 is 0 Å².